The average molecular weight is 515 g/mol. The van der Waals surface area contributed by atoms with Gasteiger partial charge in [0.2, 0.25) is 0 Å². The standard InChI is InChI=1S/C22H35IN2O2Si/c1-7-13-26-24-19-14-20(23)21(17-27-28(5,6)22(2,3)4)25(16-19)15-18-11-9-8-10-12-18/h7-12,14,19,21,24H,1,13,15-17H2,2-6H3/t19?,21-/m1/s1. The van der Waals surface area contributed by atoms with Gasteiger partial charge in [0.1, 0.15) is 0 Å². The summed E-state index contributed by atoms with van der Waals surface area (Å²) < 4.78 is 7.90. The molecule has 1 aromatic carbocycles. The molecule has 1 aliphatic heterocycles. The van der Waals surface area contributed by atoms with E-state index in [9.17, 15) is 0 Å². The predicted octanol–water partition coefficient (Wildman–Crippen LogP) is 5.29. The summed E-state index contributed by atoms with van der Waals surface area (Å²) in [5, 5.41) is 0.212. The lowest BCUT2D eigenvalue weighted by Crippen LogP contribution is -2.52. The molecule has 1 heterocycles. The summed E-state index contributed by atoms with van der Waals surface area (Å²) in [7, 11) is -1.79. The molecule has 1 N–H and O–H groups in total. The first kappa shape index (κ1) is 23.8. The number of nitrogens with one attached hydrogen (secondary N) is 1. The van der Waals surface area contributed by atoms with Crippen molar-refractivity contribution in [3.8, 4) is 0 Å². The van der Waals surface area contributed by atoms with Crippen LogP contribution in [0.3, 0.4) is 0 Å². The summed E-state index contributed by atoms with van der Waals surface area (Å²) in [5.41, 5.74) is 4.48. The van der Waals surface area contributed by atoms with E-state index < -0.39 is 8.32 Å². The maximum atomic E-state index is 6.59. The lowest BCUT2D eigenvalue weighted by molar-refractivity contribution is 0.0249. The van der Waals surface area contributed by atoms with Crippen molar-refractivity contribution in [3.05, 3.63) is 58.2 Å². The van der Waals surface area contributed by atoms with Crippen LogP contribution in [0.1, 0.15) is 26.3 Å². The minimum atomic E-state index is -1.79. The molecule has 0 saturated heterocycles. The number of hydrogen-bond donors (Lipinski definition) is 1. The Morgan fingerprint density at radius 2 is 1.96 bits per heavy atom. The molecule has 0 amide bonds. The Bertz CT molecular complexity index is 658. The minimum absolute atomic E-state index is 0.152. The molecule has 1 aromatic rings. The van der Waals surface area contributed by atoms with E-state index in [1.807, 2.05) is 0 Å². The van der Waals surface area contributed by atoms with Crippen molar-refractivity contribution in [2.75, 3.05) is 19.8 Å². The van der Waals surface area contributed by atoms with Gasteiger partial charge >= 0.3 is 0 Å². The molecule has 1 unspecified atom stereocenters. The zero-order chi connectivity index (χ0) is 20.8. The van der Waals surface area contributed by atoms with E-state index in [-0.39, 0.29) is 17.1 Å². The largest absolute Gasteiger partial charge is 0.415 e. The van der Waals surface area contributed by atoms with Gasteiger partial charge in [0.25, 0.3) is 0 Å². The quantitative estimate of drug-likeness (QED) is 0.160. The van der Waals surface area contributed by atoms with E-state index >= 15 is 0 Å². The molecule has 6 heteroatoms. The second-order valence-electron chi connectivity index (χ2n) is 8.88. The highest BCUT2D eigenvalue weighted by atomic mass is 127. The van der Waals surface area contributed by atoms with Gasteiger partial charge in [-0.25, -0.2) is 0 Å². The van der Waals surface area contributed by atoms with Crippen LogP contribution in [0.2, 0.25) is 18.1 Å². The van der Waals surface area contributed by atoms with Crippen LogP contribution in [-0.4, -0.2) is 45.1 Å². The molecule has 2 atom stereocenters. The van der Waals surface area contributed by atoms with Crippen LogP contribution in [0.5, 0.6) is 0 Å². The third-order valence-electron chi connectivity index (χ3n) is 5.62. The first-order valence-electron chi connectivity index (χ1n) is 9.91. The maximum absolute atomic E-state index is 6.59. The third kappa shape index (κ3) is 6.78. The van der Waals surface area contributed by atoms with Crippen LogP contribution in [0.15, 0.2) is 52.6 Å². The van der Waals surface area contributed by atoms with Gasteiger partial charge in [0, 0.05) is 16.7 Å². The van der Waals surface area contributed by atoms with Crippen LogP contribution in [0.4, 0.5) is 0 Å². The zero-order valence-electron chi connectivity index (χ0n) is 17.9. The minimum Gasteiger partial charge on any atom is -0.415 e. The Morgan fingerprint density at radius 3 is 2.57 bits per heavy atom. The van der Waals surface area contributed by atoms with Crippen LogP contribution < -0.4 is 5.48 Å². The summed E-state index contributed by atoms with van der Waals surface area (Å²) in [6, 6.07) is 11.1. The van der Waals surface area contributed by atoms with Crippen molar-refractivity contribution in [1.82, 2.24) is 10.4 Å². The van der Waals surface area contributed by atoms with Gasteiger partial charge < -0.3 is 4.43 Å². The maximum Gasteiger partial charge on any atom is 0.192 e. The van der Waals surface area contributed by atoms with Gasteiger partial charge in [-0.1, -0.05) is 63.3 Å². The van der Waals surface area contributed by atoms with Gasteiger partial charge in [-0.2, -0.15) is 5.48 Å². The van der Waals surface area contributed by atoms with Gasteiger partial charge in [-0.05, 0) is 46.3 Å². The highest BCUT2D eigenvalue weighted by Crippen LogP contribution is 2.37. The molecule has 0 saturated carbocycles. The summed E-state index contributed by atoms with van der Waals surface area (Å²) in [6.07, 6.45) is 4.02. The van der Waals surface area contributed by atoms with Gasteiger partial charge in [0.15, 0.2) is 8.32 Å². The molecule has 0 aliphatic carbocycles. The van der Waals surface area contributed by atoms with Gasteiger partial charge in [-0.15, -0.1) is 6.58 Å². The molecule has 4 nitrogen and oxygen atoms in total. The lowest BCUT2D eigenvalue weighted by Gasteiger charge is -2.42. The molecule has 2 rings (SSSR count). The monoisotopic (exact) mass is 514 g/mol. The van der Waals surface area contributed by atoms with Crippen LogP contribution >= 0.6 is 22.6 Å². The molecule has 156 valence electrons. The van der Waals surface area contributed by atoms with Crippen molar-refractivity contribution < 1.29 is 9.26 Å². The van der Waals surface area contributed by atoms with Crippen molar-refractivity contribution in [1.29, 1.82) is 0 Å². The molecular weight excluding hydrogens is 479 g/mol. The first-order valence-corrected chi connectivity index (χ1v) is 13.9. The predicted molar refractivity (Wildman–Crippen MR) is 129 cm³/mol. The summed E-state index contributed by atoms with van der Waals surface area (Å²) in [6.45, 7) is 18.2. The van der Waals surface area contributed by atoms with Crippen LogP contribution in [0, 0.1) is 0 Å². The molecule has 0 spiro atoms. The van der Waals surface area contributed by atoms with Crippen LogP contribution in [-0.2, 0) is 15.8 Å². The molecule has 0 aromatic heterocycles. The van der Waals surface area contributed by atoms with E-state index in [0.29, 0.717) is 6.61 Å². The van der Waals surface area contributed by atoms with E-state index in [1.165, 1.54) is 9.14 Å². The van der Waals surface area contributed by atoms with E-state index in [0.717, 1.165) is 19.7 Å². The number of hydroxylamine groups is 1. The second kappa shape index (κ2) is 10.5. The SMILES string of the molecule is C=CCONC1C=C(I)[C@@H](CO[Si](C)(C)C(C)(C)C)N(Cc2ccccc2)C1. The highest BCUT2D eigenvalue weighted by molar-refractivity contribution is 14.1. The van der Waals surface area contributed by atoms with E-state index in [4.69, 9.17) is 9.26 Å². The Balaban J connectivity index is 2.15. The molecule has 0 bridgehead atoms. The molecule has 0 radical (unpaired) electrons. The van der Waals surface area contributed by atoms with Crippen LogP contribution in [0.25, 0.3) is 0 Å². The zero-order valence-corrected chi connectivity index (χ0v) is 21.0. The number of benzene rings is 1. The number of hydrogen-bond acceptors (Lipinski definition) is 4. The van der Waals surface area contributed by atoms with Gasteiger partial charge in [-0.3, -0.25) is 9.74 Å². The van der Waals surface area contributed by atoms with E-state index in [1.54, 1.807) is 6.08 Å². The van der Waals surface area contributed by atoms with Gasteiger partial charge in [0.05, 0.1) is 25.3 Å². The van der Waals surface area contributed by atoms with Crippen molar-refractivity contribution in [2.24, 2.45) is 0 Å². The average Bonchev–Trinajstić information content (AvgIpc) is 2.61. The summed E-state index contributed by atoms with van der Waals surface area (Å²) in [4.78, 5) is 8.00. The fourth-order valence-corrected chi connectivity index (χ4v) is 4.89. The second-order valence-corrected chi connectivity index (χ2v) is 14.9. The molecule has 1 aliphatic rings. The Labute approximate surface area is 185 Å². The normalized spacial score (nSPS) is 21.4. The Morgan fingerprint density at radius 1 is 1.29 bits per heavy atom. The number of halogens is 1. The summed E-state index contributed by atoms with van der Waals surface area (Å²) in [5.74, 6) is 0. The summed E-state index contributed by atoms with van der Waals surface area (Å²) >= 11 is 2.46. The fourth-order valence-electron chi connectivity index (χ4n) is 2.88. The molecule has 28 heavy (non-hydrogen) atoms. The Kier molecular flexibility index (Phi) is 8.91. The molecule has 0 fully saturated rings. The topological polar surface area (TPSA) is 33.7 Å². The molecular formula is C22H35IN2O2Si. The van der Waals surface area contributed by atoms with Crippen molar-refractivity contribution in [2.45, 2.75) is 57.5 Å². The van der Waals surface area contributed by atoms with Crippen molar-refractivity contribution >= 4 is 30.9 Å². The number of rotatable bonds is 9. The smallest absolute Gasteiger partial charge is 0.192 e. The Hall–Kier alpha value is -0.513. The number of nitrogens with zero attached hydrogens (tertiary/aromatic N) is 1. The van der Waals surface area contributed by atoms with Crippen molar-refractivity contribution in [3.63, 3.8) is 0 Å². The third-order valence-corrected chi connectivity index (χ3v) is 11.2. The lowest BCUT2D eigenvalue weighted by atomic mass is 10.1. The highest BCUT2D eigenvalue weighted by Gasteiger charge is 2.39. The fraction of sp³-hybridized carbons (Fsp3) is 0.545. The van der Waals surface area contributed by atoms with E-state index in [2.05, 4.69) is 110 Å². The first-order chi connectivity index (χ1) is 13.1.